The largest absolute Gasteiger partial charge is 0.271 e. The van der Waals surface area contributed by atoms with Crippen LogP contribution in [0.2, 0.25) is 10.0 Å². The molecule has 0 fully saturated rings. The van der Waals surface area contributed by atoms with Gasteiger partial charge in [0.05, 0.1) is 27.7 Å². The number of anilines is 1. The highest BCUT2D eigenvalue weighted by molar-refractivity contribution is 7.92. The molecule has 6 nitrogen and oxygen atoms in total. The Balaban J connectivity index is 2.18. The van der Waals surface area contributed by atoms with E-state index in [0.29, 0.717) is 5.71 Å². The van der Waals surface area contributed by atoms with Crippen molar-refractivity contribution in [3.8, 4) is 0 Å². The van der Waals surface area contributed by atoms with E-state index in [1.54, 1.807) is 13.0 Å². The van der Waals surface area contributed by atoms with Gasteiger partial charge in [-0.1, -0.05) is 59.1 Å². The molecule has 0 aromatic heterocycles. The maximum atomic E-state index is 12.3. The quantitative estimate of drug-likeness (QED) is 0.564. The molecule has 0 atom stereocenters. The number of nitrogens with zero attached hydrogens (tertiary/aromatic N) is 2. The molecule has 0 radical (unpaired) electrons. The van der Waals surface area contributed by atoms with Crippen LogP contribution in [0.25, 0.3) is 0 Å². The minimum absolute atomic E-state index is 0.0525. The van der Waals surface area contributed by atoms with Gasteiger partial charge in [0.25, 0.3) is 5.91 Å². The second-order valence-corrected chi connectivity index (χ2v) is 8.63. The fraction of sp³-hybridized carbons (Fsp3) is 0.222. The van der Waals surface area contributed by atoms with E-state index < -0.39 is 22.5 Å². The standard InChI is InChI=1S/C18H19Cl2N3O3S/c1-12-7-9-14(10-8-12)13(2)21-22-17(24)11-23(27(3,25)26)16-6-4-5-15(19)18(16)20/h4-10H,11H2,1-3H3,(H,22,24)/b21-13-. The van der Waals surface area contributed by atoms with Gasteiger partial charge in [0, 0.05) is 0 Å². The summed E-state index contributed by atoms with van der Waals surface area (Å²) in [4.78, 5) is 12.3. The zero-order valence-corrected chi connectivity index (χ0v) is 17.4. The van der Waals surface area contributed by atoms with E-state index in [4.69, 9.17) is 23.2 Å². The highest BCUT2D eigenvalue weighted by Gasteiger charge is 2.23. The van der Waals surface area contributed by atoms with Crippen molar-refractivity contribution in [1.29, 1.82) is 0 Å². The van der Waals surface area contributed by atoms with Crippen molar-refractivity contribution in [3.63, 3.8) is 0 Å². The summed E-state index contributed by atoms with van der Waals surface area (Å²) in [6.45, 7) is 3.23. The Bertz CT molecular complexity index is 974. The lowest BCUT2D eigenvalue weighted by Gasteiger charge is -2.22. The number of sulfonamides is 1. The first-order valence-corrected chi connectivity index (χ1v) is 10.5. The molecule has 0 heterocycles. The number of hydrazone groups is 1. The van der Waals surface area contributed by atoms with E-state index in [-0.39, 0.29) is 15.7 Å². The summed E-state index contributed by atoms with van der Waals surface area (Å²) < 4.78 is 25.1. The number of benzene rings is 2. The van der Waals surface area contributed by atoms with Gasteiger partial charge in [0.15, 0.2) is 0 Å². The summed E-state index contributed by atoms with van der Waals surface area (Å²) in [6.07, 6.45) is 0.984. The van der Waals surface area contributed by atoms with E-state index in [2.05, 4.69) is 10.5 Å². The normalized spacial score (nSPS) is 12.0. The van der Waals surface area contributed by atoms with Crippen LogP contribution in [0.3, 0.4) is 0 Å². The molecule has 0 aliphatic carbocycles. The van der Waals surface area contributed by atoms with Crippen LogP contribution in [0.15, 0.2) is 47.6 Å². The molecule has 0 saturated carbocycles. The van der Waals surface area contributed by atoms with Crippen LogP contribution < -0.4 is 9.73 Å². The minimum Gasteiger partial charge on any atom is -0.271 e. The first-order valence-electron chi connectivity index (χ1n) is 7.91. The SMILES string of the molecule is C/C(=N/NC(=O)CN(c1cccc(Cl)c1Cl)S(C)(=O)=O)c1ccc(C)cc1. The predicted molar refractivity (Wildman–Crippen MR) is 110 cm³/mol. The van der Waals surface area contributed by atoms with Crippen molar-refractivity contribution in [2.75, 3.05) is 17.1 Å². The number of aryl methyl sites for hydroxylation is 1. The van der Waals surface area contributed by atoms with E-state index in [0.717, 1.165) is 21.7 Å². The topological polar surface area (TPSA) is 78.8 Å². The van der Waals surface area contributed by atoms with E-state index >= 15 is 0 Å². The molecular formula is C18H19Cl2N3O3S. The Morgan fingerprint density at radius 3 is 2.37 bits per heavy atom. The Labute approximate surface area is 168 Å². The minimum atomic E-state index is -3.77. The number of carbonyl (C=O) groups excluding carboxylic acids is 1. The molecule has 2 rings (SSSR count). The zero-order valence-electron chi connectivity index (χ0n) is 15.0. The van der Waals surface area contributed by atoms with Gasteiger partial charge in [-0.05, 0) is 31.5 Å². The van der Waals surface area contributed by atoms with Gasteiger partial charge >= 0.3 is 0 Å². The van der Waals surface area contributed by atoms with Gasteiger partial charge in [-0.15, -0.1) is 0 Å². The molecule has 0 spiro atoms. The molecule has 9 heteroatoms. The van der Waals surface area contributed by atoms with Gasteiger partial charge in [0.2, 0.25) is 10.0 Å². The molecule has 2 aromatic rings. The molecule has 144 valence electrons. The van der Waals surface area contributed by atoms with Crippen LogP contribution in [-0.4, -0.2) is 32.8 Å². The second kappa shape index (κ2) is 8.73. The van der Waals surface area contributed by atoms with Crippen molar-refractivity contribution >= 4 is 50.5 Å². The molecule has 27 heavy (non-hydrogen) atoms. The summed E-state index contributed by atoms with van der Waals surface area (Å²) in [6, 6.07) is 12.2. The summed E-state index contributed by atoms with van der Waals surface area (Å²) in [5, 5.41) is 4.27. The number of hydrogen-bond donors (Lipinski definition) is 1. The summed E-state index contributed by atoms with van der Waals surface area (Å²) in [7, 11) is -3.77. The monoisotopic (exact) mass is 427 g/mol. The molecule has 0 aliphatic heterocycles. The second-order valence-electron chi connectivity index (χ2n) is 5.94. The summed E-state index contributed by atoms with van der Waals surface area (Å²) in [5.41, 5.74) is 5.04. The molecule has 0 unspecified atom stereocenters. The third-order valence-electron chi connectivity index (χ3n) is 3.71. The molecule has 1 amide bonds. The number of nitrogens with one attached hydrogen (secondary N) is 1. The highest BCUT2D eigenvalue weighted by atomic mass is 35.5. The van der Waals surface area contributed by atoms with E-state index in [1.807, 2.05) is 31.2 Å². The average Bonchev–Trinajstić information content (AvgIpc) is 2.60. The smallest absolute Gasteiger partial charge is 0.260 e. The average molecular weight is 428 g/mol. The molecule has 0 saturated heterocycles. The number of amides is 1. The summed E-state index contributed by atoms with van der Waals surface area (Å²) in [5.74, 6) is -0.608. The first-order chi connectivity index (χ1) is 12.6. The maximum absolute atomic E-state index is 12.3. The number of rotatable bonds is 6. The Morgan fingerprint density at radius 1 is 1.15 bits per heavy atom. The molecule has 1 N–H and O–H groups in total. The fourth-order valence-corrected chi connectivity index (χ4v) is 3.55. The van der Waals surface area contributed by atoms with Gasteiger partial charge in [-0.25, -0.2) is 13.8 Å². The van der Waals surface area contributed by atoms with Crippen LogP contribution in [0.5, 0.6) is 0 Å². The highest BCUT2D eigenvalue weighted by Crippen LogP contribution is 2.33. The Morgan fingerprint density at radius 2 is 1.78 bits per heavy atom. The summed E-state index contributed by atoms with van der Waals surface area (Å²) >= 11 is 12.1. The molecular weight excluding hydrogens is 409 g/mol. The lowest BCUT2D eigenvalue weighted by Crippen LogP contribution is -2.39. The van der Waals surface area contributed by atoms with Gasteiger partial charge in [-0.2, -0.15) is 5.10 Å². The van der Waals surface area contributed by atoms with Gasteiger partial charge < -0.3 is 0 Å². The lowest BCUT2D eigenvalue weighted by molar-refractivity contribution is -0.119. The number of halogens is 2. The Hall–Kier alpha value is -2.09. The Kier molecular flexibility index (Phi) is 6.86. The van der Waals surface area contributed by atoms with Crippen LogP contribution in [0, 0.1) is 6.92 Å². The van der Waals surface area contributed by atoms with Crippen LogP contribution in [0.4, 0.5) is 5.69 Å². The molecule has 0 bridgehead atoms. The number of carbonyl (C=O) groups is 1. The van der Waals surface area contributed by atoms with Crippen molar-refractivity contribution in [3.05, 3.63) is 63.6 Å². The van der Waals surface area contributed by atoms with Gasteiger partial charge in [0.1, 0.15) is 6.54 Å². The maximum Gasteiger partial charge on any atom is 0.260 e. The van der Waals surface area contributed by atoms with Crippen molar-refractivity contribution < 1.29 is 13.2 Å². The van der Waals surface area contributed by atoms with Crippen molar-refractivity contribution in [2.24, 2.45) is 5.10 Å². The molecule has 0 aliphatic rings. The third kappa shape index (κ3) is 5.69. The van der Waals surface area contributed by atoms with Crippen LogP contribution >= 0.6 is 23.2 Å². The van der Waals surface area contributed by atoms with Gasteiger partial charge in [-0.3, -0.25) is 9.10 Å². The fourth-order valence-electron chi connectivity index (χ4n) is 2.24. The lowest BCUT2D eigenvalue weighted by atomic mass is 10.1. The third-order valence-corrected chi connectivity index (χ3v) is 5.64. The van der Waals surface area contributed by atoms with E-state index in [1.165, 1.54) is 12.1 Å². The first kappa shape index (κ1) is 21.2. The van der Waals surface area contributed by atoms with Crippen molar-refractivity contribution in [1.82, 2.24) is 5.43 Å². The van der Waals surface area contributed by atoms with E-state index in [9.17, 15) is 13.2 Å². The van der Waals surface area contributed by atoms with Crippen LogP contribution in [-0.2, 0) is 14.8 Å². The van der Waals surface area contributed by atoms with Crippen molar-refractivity contribution in [2.45, 2.75) is 13.8 Å². The number of hydrogen-bond acceptors (Lipinski definition) is 4. The van der Waals surface area contributed by atoms with Crippen LogP contribution in [0.1, 0.15) is 18.1 Å². The zero-order chi connectivity index (χ0) is 20.2. The molecule has 2 aromatic carbocycles. The predicted octanol–water partition coefficient (Wildman–Crippen LogP) is 3.61.